The Labute approximate surface area is 294 Å². The lowest BCUT2D eigenvalue weighted by Gasteiger charge is -2.37. The molecule has 1 N–H and O–H groups in total. The number of hydrogen-bond donors (Lipinski definition) is 1. The van der Waals surface area contributed by atoms with Crippen LogP contribution in [0.15, 0.2) is 66.7 Å². The average molecular weight is 698 g/mol. The number of methoxy groups -OCH3 is 2. The van der Waals surface area contributed by atoms with Gasteiger partial charge in [-0.05, 0) is 66.4 Å². The highest BCUT2D eigenvalue weighted by atomic mass is 28.3. The van der Waals surface area contributed by atoms with Crippen LogP contribution in [0.25, 0.3) is 0 Å². The van der Waals surface area contributed by atoms with Crippen molar-refractivity contribution in [2.75, 3.05) is 43.7 Å². The number of anilines is 2. The van der Waals surface area contributed by atoms with Crippen LogP contribution in [-0.2, 0) is 31.3 Å². The number of β-lactam (4-membered cyclic amide) rings is 1. The van der Waals surface area contributed by atoms with Gasteiger partial charge in [-0.25, -0.2) is 0 Å². The van der Waals surface area contributed by atoms with Crippen LogP contribution in [0.3, 0.4) is 0 Å². The number of benzene rings is 3. The van der Waals surface area contributed by atoms with Gasteiger partial charge in [0.2, 0.25) is 11.8 Å². The van der Waals surface area contributed by atoms with Gasteiger partial charge in [0.05, 0.1) is 59.7 Å². The summed E-state index contributed by atoms with van der Waals surface area (Å²) in [7, 11) is 0.808. The normalized spacial score (nSPS) is 26.1. The number of carbonyl (C=O) groups excluding carboxylic acids is 3. The Morgan fingerprint density at radius 2 is 1.68 bits per heavy atom. The van der Waals surface area contributed by atoms with Crippen molar-refractivity contribution >= 4 is 42.4 Å². The molecule has 0 radical (unpaired) electrons. The van der Waals surface area contributed by atoms with Crippen LogP contribution < -0.4 is 24.5 Å². The summed E-state index contributed by atoms with van der Waals surface area (Å²) in [6, 6.07) is 21.5. The molecular weight excluding hydrogens is 651 g/mol. The maximum atomic E-state index is 15.1. The van der Waals surface area contributed by atoms with E-state index < -0.39 is 19.8 Å². The Morgan fingerprint density at radius 3 is 2.30 bits per heavy atom. The van der Waals surface area contributed by atoms with Crippen LogP contribution in [0.1, 0.15) is 43.7 Å². The number of aliphatic hydroxyl groups is 1. The number of aliphatic hydroxyl groups excluding tert-OH is 1. The molecule has 11 heteroatoms. The number of likely N-dealkylation sites (tertiary alicyclic amines) is 1. The van der Waals surface area contributed by atoms with Crippen molar-refractivity contribution in [3.63, 3.8) is 0 Å². The van der Waals surface area contributed by atoms with Crippen molar-refractivity contribution < 1.29 is 33.7 Å². The predicted molar refractivity (Wildman–Crippen MR) is 194 cm³/mol. The number of hydrogen-bond acceptors (Lipinski definition) is 7. The van der Waals surface area contributed by atoms with E-state index in [1.165, 1.54) is 5.19 Å². The second kappa shape index (κ2) is 13.2. The minimum Gasteiger partial charge on any atom is -0.497 e. The summed E-state index contributed by atoms with van der Waals surface area (Å²) < 4.78 is 18.3. The molecule has 3 aromatic rings. The van der Waals surface area contributed by atoms with Gasteiger partial charge in [-0.2, -0.15) is 0 Å². The van der Waals surface area contributed by atoms with Crippen LogP contribution in [-0.4, -0.2) is 81.9 Å². The van der Waals surface area contributed by atoms with Gasteiger partial charge in [-0.3, -0.25) is 14.4 Å². The SMILES string of the molecule is COc1ccc([Si](C)(C)[C@@H]2[C@@H](CC(=O)N3CCC[C@H]3CO)O[C@]3(C(=O)N(Cc4ccc(N5CCC5=O)cc4)c4ccc(OC)cc43)[C@H]2C)cc1. The fourth-order valence-electron chi connectivity index (χ4n) is 8.97. The zero-order valence-electron chi connectivity index (χ0n) is 29.6. The average Bonchev–Trinajstić information content (AvgIpc) is 3.78. The molecule has 50 heavy (non-hydrogen) atoms. The Balaban J connectivity index is 1.28. The van der Waals surface area contributed by atoms with Gasteiger partial charge in [0.1, 0.15) is 11.5 Å². The van der Waals surface area contributed by atoms with Crippen molar-refractivity contribution in [2.45, 2.75) is 75.5 Å². The highest BCUT2D eigenvalue weighted by molar-refractivity contribution is 6.91. The Morgan fingerprint density at radius 1 is 0.980 bits per heavy atom. The molecule has 4 heterocycles. The number of rotatable bonds is 10. The van der Waals surface area contributed by atoms with Crippen LogP contribution in [0.2, 0.25) is 18.6 Å². The lowest BCUT2D eigenvalue weighted by atomic mass is 9.82. The summed E-state index contributed by atoms with van der Waals surface area (Å²) >= 11 is 0. The number of carbonyl (C=O) groups is 3. The van der Waals surface area contributed by atoms with E-state index in [1.54, 1.807) is 28.9 Å². The van der Waals surface area contributed by atoms with E-state index in [0.717, 1.165) is 47.6 Å². The summed E-state index contributed by atoms with van der Waals surface area (Å²) in [5, 5.41) is 11.2. The minimum atomic E-state index is -2.46. The zero-order chi connectivity index (χ0) is 35.4. The monoisotopic (exact) mass is 697 g/mol. The number of ether oxygens (including phenoxy) is 3. The zero-order valence-corrected chi connectivity index (χ0v) is 30.6. The highest BCUT2D eigenvalue weighted by Crippen LogP contribution is 2.60. The lowest BCUT2D eigenvalue weighted by Crippen LogP contribution is -2.52. The number of amides is 3. The molecule has 0 unspecified atom stereocenters. The second-order valence-electron chi connectivity index (χ2n) is 14.7. The van der Waals surface area contributed by atoms with E-state index in [2.05, 4.69) is 32.2 Å². The van der Waals surface area contributed by atoms with Gasteiger partial charge in [-0.1, -0.05) is 49.5 Å². The topological polar surface area (TPSA) is 109 Å². The molecule has 0 saturated carbocycles. The molecule has 3 fully saturated rings. The van der Waals surface area contributed by atoms with Crippen LogP contribution in [0.5, 0.6) is 11.5 Å². The smallest absolute Gasteiger partial charge is 0.264 e. The largest absolute Gasteiger partial charge is 0.497 e. The first-order chi connectivity index (χ1) is 24.0. The first-order valence-electron chi connectivity index (χ1n) is 17.7. The number of fused-ring (bicyclic) bond motifs is 2. The van der Waals surface area contributed by atoms with Gasteiger partial charge in [0, 0.05) is 36.7 Å². The Hall–Kier alpha value is -4.19. The van der Waals surface area contributed by atoms with Crippen molar-refractivity contribution in [1.82, 2.24) is 4.90 Å². The molecule has 4 aliphatic heterocycles. The van der Waals surface area contributed by atoms with Gasteiger partial charge < -0.3 is 34.0 Å². The molecule has 264 valence electrons. The maximum Gasteiger partial charge on any atom is 0.264 e. The fraction of sp³-hybridized carbons (Fsp3) is 0.462. The molecule has 10 nitrogen and oxygen atoms in total. The third kappa shape index (κ3) is 5.50. The summed E-state index contributed by atoms with van der Waals surface area (Å²) in [5.41, 5.74) is 1.87. The third-order valence-corrected chi connectivity index (χ3v) is 16.1. The summed E-state index contributed by atoms with van der Waals surface area (Å²) in [6.45, 7) is 8.30. The second-order valence-corrected chi connectivity index (χ2v) is 19.4. The molecular formula is C39H47N3O7Si. The third-order valence-electron chi connectivity index (χ3n) is 11.8. The molecule has 0 aromatic heterocycles. The van der Waals surface area contributed by atoms with Crippen molar-refractivity contribution in [1.29, 1.82) is 0 Å². The van der Waals surface area contributed by atoms with E-state index in [-0.39, 0.29) is 48.3 Å². The quantitative estimate of drug-likeness (QED) is 0.244. The summed E-state index contributed by atoms with van der Waals surface area (Å²) in [4.78, 5) is 46.5. The molecule has 5 atom stereocenters. The van der Waals surface area contributed by atoms with Crippen molar-refractivity contribution in [3.8, 4) is 11.5 Å². The first-order valence-corrected chi connectivity index (χ1v) is 20.7. The molecule has 0 aliphatic carbocycles. The molecule has 1 spiro atoms. The van der Waals surface area contributed by atoms with Crippen LogP contribution in [0, 0.1) is 5.92 Å². The number of nitrogens with zero attached hydrogens (tertiary/aromatic N) is 3. The van der Waals surface area contributed by atoms with Crippen LogP contribution >= 0.6 is 0 Å². The lowest BCUT2D eigenvalue weighted by molar-refractivity contribution is -0.150. The summed E-state index contributed by atoms with van der Waals surface area (Å²) in [5.74, 6) is 1.04. The molecule has 7 rings (SSSR count). The van der Waals surface area contributed by atoms with Gasteiger partial charge in [0.15, 0.2) is 5.60 Å². The van der Waals surface area contributed by atoms with Crippen molar-refractivity contribution in [3.05, 3.63) is 77.9 Å². The van der Waals surface area contributed by atoms with Gasteiger partial charge in [-0.15, -0.1) is 0 Å². The molecule has 4 aliphatic rings. The van der Waals surface area contributed by atoms with Gasteiger partial charge in [0.25, 0.3) is 5.91 Å². The van der Waals surface area contributed by atoms with Crippen LogP contribution in [0.4, 0.5) is 11.4 Å². The fourth-order valence-corrected chi connectivity index (χ4v) is 13.0. The van der Waals surface area contributed by atoms with E-state index in [4.69, 9.17) is 14.2 Å². The Kier molecular flexibility index (Phi) is 9.02. The molecule has 3 saturated heterocycles. The van der Waals surface area contributed by atoms with Crippen molar-refractivity contribution in [2.24, 2.45) is 5.92 Å². The van der Waals surface area contributed by atoms with E-state index in [0.29, 0.717) is 25.3 Å². The Bertz CT molecular complexity index is 1780. The molecule has 0 bridgehead atoms. The summed E-state index contributed by atoms with van der Waals surface area (Å²) in [6.07, 6.45) is 1.80. The minimum absolute atomic E-state index is 0.0470. The molecule has 3 amide bonds. The predicted octanol–water partition coefficient (Wildman–Crippen LogP) is 4.58. The van der Waals surface area contributed by atoms with E-state index >= 15 is 4.79 Å². The maximum absolute atomic E-state index is 15.1. The first kappa shape index (κ1) is 34.3. The standard InChI is InChI=1S/C39H47N3O7Si/c1-25-37(50(4,5)31-15-12-29(47-2)13-16-31)34(22-36(45)40-19-6-7-28(40)24-43)49-39(25)32-21-30(48-3)14-17-33(32)42(38(39)46)23-26-8-10-27(11-9-26)41-20-18-35(41)44/h8-17,21,25,28,34,37,43H,6-7,18-20,22-24H2,1-5H3/t25-,28-,34+,37-,39+/m0/s1. The van der Waals surface area contributed by atoms with E-state index in [9.17, 15) is 14.7 Å². The van der Waals surface area contributed by atoms with E-state index in [1.807, 2.05) is 54.6 Å². The highest BCUT2D eigenvalue weighted by Gasteiger charge is 2.66. The van der Waals surface area contributed by atoms with Gasteiger partial charge >= 0.3 is 0 Å². The molecule has 3 aromatic carbocycles.